The number of aryl methyl sites for hydroxylation is 2. The summed E-state index contributed by atoms with van der Waals surface area (Å²) in [4.78, 5) is 24.9. The second kappa shape index (κ2) is 7.90. The van der Waals surface area contributed by atoms with Gasteiger partial charge in [0, 0.05) is 11.3 Å². The van der Waals surface area contributed by atoms with Crippen molar-refractivity contribution in [1.29, 1.82) is 0 Å². The van der Waals surface area contributed by atoms with Crippen molar-refractivity contribution in [2.75, 3.05) is 0 Å². The van der Waals surface area contributed by atoms with E-state index in [2.05, 4.69) is 9.84 Å². The van der Waals surface area contributed by atoms with E-state index in [4.69, 9.17) is 0 Å². The minimum absolute atomic E-state index is 0.0183. The first-order chi connectivity index (χ1) is 13.6. The molecule has 0 radical (unpaired) electrons. The first-order valence-corrected chi connectivity index (χ1v) is 8.67. The smallest absolute Gasteiger partial charge is 0.406 e. The molecular formula is C21H17F3N2O3. The lowest BCUT2D eigenvalue weighted by Crippen LogP contribution is -2.18. The first kappa shape index (κ1) is 20.3. The molecule has 0 saturated carbocycles. The van der Waals surface area contributed by atoms with Gasteiger partial charge in [-0.2, -0.15) is 5.10 Å². The fourth-order valence-electron chi connectivity index (χ4n) is 2.70. The van der Waals surface area contributed by atoms with E-state index in [1.807, 2.05) is 31.2 Å². The lowest BCUT2D eigenvalue weighted by Gasteiger charge is -2.08. The number of halogens is 3. The van der Waals surface area contributed by atoms with Gasteiger partial charge in [-0.1, -0.05) is 29.8 Å². The molecule has 0 bridgehead atoms. The Morgan fingerprint density at radius 2 is 1.59 bits per heavy atom. The fraction of sp³-hybridized carbons (Fsp3) is 0.190. The quantitative estimate of drug-likeness (QED) is 0.450. The molecule has 3 rings (SSSR count). The minimum atomic E-state index is -4.83. The van der Waals surface area contributed by atoms with E-state index in [1.165, 1.54) is 6.07 Å². The third-order valence-electron chi connectivity index (χ3n) is 4.22. The number of ether oxygens (including phenoxy) is 1. The number of carbonyl (C=O) groups excluding carboxylic acids is 2. The third kappa shape index (κ3) is 5.10. The molecular weight excluding hydrogens is 385 g/mol. The standard InChI is InChI=1S/C21H17F3N2O3/c1-13-3-5-15(6-4-13)12-26-14(2)11-18(25-26)20(28)19(27)16-7-9-17(10-8-16)29-21(22,23)24/h3-11H,12H2,1-2H3. The van der Waals surface area contributed by atoms with E-state index in [9.17, 15) is 22.8 Å². The highest BCUT2D eigenvalue weighted by atomic mass is 19.4. The second-order valence-corrected chi connectivity index (χ2v) is 6.54. The van der Waals surface area contributed by atoms with Crippen LogP contribution in [0.15, 0.2) is 54.6 Å². The first-order valence-electron chi connectivity index (χ1n) is 8.67. The summed E-state index contributed by atoms with van der Waals surface area (Å²) in [7, 11) is 0. The van der Waals surface area contributed by atoms with Gasteiger partial charge in [0.15, 0.2) is 0 Å². The number of ketones is 2. The Morgan fingerprint density at radius 3 is 2.17 bits per heavy atom. The average Bonchev–Trinajstić information content (AvgIpc) is 3.02. The zero-order valence-corrected chi connectivity index (χ0v) is 15.7. The number of Topliss-reactive ketones (excluding diaryl/α,β-unsaturated/α-hetero) is 2. The van der Waals surface area contributed by atoms with Crippen LogP contribution in [-0.2, 0) is 6.54 Å². The molecule has 0 aliphatic rings. The maximum absolute atomic E-state index is 12.5. The number of carbonyl (C=O) groups is 2. The molecule has 8 heteroatoms. The van der Waals surface area contributed by atoms with E-state index in [1.54, 1.807) is 11.6 Å². The monoisotopic (exact) mass is 402 g/mol. The molecule has 0 fully saturated rings. The van der Waals surface area contributed by atoms with E-state index in [-0.39, 0.29) is 11.3 Å². The Bertz CT molecular complexity index is 1040. The normalized spacial score (nSPS) is 11.3. The molecule has 5 nitrogen and oxygen atoms in total. The van der Waals surface area contributed by atoms with Gasteiger partial charge in [-0.15, -0.1) is 13.2 Å². The number of nitrogens with zero attached hydrogens (tertiary/aromatic N) is 2. The Labute approximate surface area is 164 Å². The fourth-order valence-corrected chi connectivity index (χ4v) is 2.70. The highest BCUT2D eigenvalue weighted by molar-refractivity contribution is 6.48. The van der Waals surface area contributed by atoms with Crippen molar-refractivity contribution in [3.05, 3.63) is 82.7 Å². The van der Waals surface area contributed by atoms with E-state index >= 15 is 0 Å². The van der Waals surface area contributed by atoms with Gasteiger partial charge in [0.05, 0.1) is 6.54 Å². The van der Waals surface area contributed by atoms with Crippen LogP contribution in [0, 0.1) is 13.8 Å². The van der Waals surface area contributed by atoms with Gasteiger partial charge in [0.1, 0.15) is 11.4 Å². The van der Waals surface area contributed by atoms with Gasteiger partial charge in [0.25, 0.3) is 5.78 Å². The lowest BCUT2D eigenvalue weighted by molar-refractivity contribution is -0.274. The molecule has 0 aliphatic heterocycles. The summed E-state index contributed by atoms with van der Waals surface area (Å²) in [6, 6.07) is 13.5. The van der Waals surface area contributed by atoms with E-state index in [0.717, 1.165) is 35.4 Å². The highest BCUT2D eigenvalue weighted by Crippen LogP contribution is 2.23. The third-order valence-corrected chi connectivity index (χ3v) is 4.22. The van der Waals surface area contributed by atoms with Gasteiger partial charge in [-0.3, -0.25) is 14.3 Å². The molecule has 0 N–H and O–H groups in total. The van der Waals surface area contributed by atoms with Crippen molar-refractivity contribution in [2.24, 2.45) is 0 Å². The molecule has 0 amide bonds. The zero-order valence-electron chi connectivity index (χ0n) is 15.7. The zero-order chi connectivity index (χ0) is 21.2. The second-order valence-electron chi connectivity index (χ2n) is 6.54. The van der Waals surface area contributed by atoms with Gasteiger partial charge in [-0.25, -0.2) is 0 Å². The number of aromatic nitrogens is 2. The maximum Gasteiger partial charge on any atom is 0.573 e. The average molecular weight is 402 g/mol. The van der Waals surface area contributed by atoms with Crippen molar-refractivity contribution >= 4 is 11.6 Å². The summed E-state index contributed by atoms with van der Waals surface area (Å²) < 4.78 is 42.0. The van der Waals surface area contributed by atoms with Crippen LogP contribution in [0.3, 0.4) is 0 Å². The summed E-state index contributed by atoms with van der Waals surface area (Å²) in [5.74, 6) is -2.16. The Morgan fingerprint density at radius 1 is 0.966 bits per heavy atom. The number of hydrogen-bond acceptors (Lipinski definition) is 4. The molecule has 1 heterocycles. The van der Waals surface area contributed by atoms with Crippen LogP contribution in [0.4, 0.5) is 13.2 Å². The van der Waals surface area contributed by atoms with Crippen LogP contribution in [0.25, 0.3) is 0 Å². The molecule has 0 atom stereocenters. The van der Waals surface area contributed by atoms with Crippen molar-refractivity contribution in [1.82, 2.24) is 9.78 Å². The molecule has 2 aromatic carbocycles. The Kier molecular flexibility index (Phi) is 5.54. The van der Waals surface area contributed by atoms with Crippen LogP contribution >= 0.6 is 0 Å². The topological polar surface area (TPSA) is 61.2 Å². The number of hydrogen-bond donors (Lipinski definition) is 0. The maximum atomic E-state index is 12.5. The predicted octanol–water partition coefficient (Wildman–Crippen LogP) is 4.51. The number of alkyl halides is 3. The molecule has 0 aliphatic carbocycles. The molecule has 0 unspecified atom stereocenters. The van der Waals surface area contributed by atoms with Crippen LogP contribution < -0.4 is 4.74 Å². The minimum Gasteiger partial charge on any atom is -0.406 e. The summed E-state index contributed by atoms with van der Waals surface area (Å²) in [5, 5.41) is 4.21. The Balaban J connectivity index is 1.74. The molecule has 3 aromatic rings. The van der Waals surface area contributed by atoms with E-state index < -0.39 is 23.7 Å². The number of rotatable bonds is 6. The molecule has 150 valence electrons. The summed E-state index contributed by atoms with van der Waals surface area (Å²) in [6.07, 6.45) is -4.83. The van der Waals surface area contributed by atoms with Crippen molar-refractivity contribution < 1.29 is 27.5 Å². The van der Waals surface area contributed by atoms with Crippen LogP contribution in [0.1, 0.15) is 37.7 Å². The Hall–Kier alpha value is -3.42. The van der Waals surface area contributed by atoms with Crippen molar-refractivity contribution in [2.45, 2.75) is 26.8 Å². The van der Waals surface area contributed by atoms with Gasteiger partial charge >= 0.3 is 6.36 Å². The molecule has 0 spiro atoms. The summed E-state index contributed by atoms with van der Waals surface area (Å²) in [6.45, 7) is 4.19. The van der Waals surface area contributed by atoms with Crippen molar-refractivity contribution in [3.8, 4) is 5.75 Å². The number of benzene rings is 2. The summed E-state index contributed by atoms with van der Waals surface area (Å²) >= 11 is 0. The van der Waals surface area contributed by atoms with Gasteiger partial charge < -0.3 is 4.74 Å². The van der Waals surface area contributed by atoms with Gasteiger partial charge in [-0.05, 0) is 49.7 Å². The molecule has 0 saturated heterocycles. The van der Waals surface area contributed by atoms with Crippen LogP contribution in [0.5, 0.6) is 5.75 Å². The molecule has 29 heavy (non-hydrogen) atoms. The lowest BCUT2D eigenvalue weighted by atomic mass is 10.1. The molecule has 1 aromatic heterocycles. The predicted molar refractivity (Wildman–Crippen MR) is 99.0 cm³/mol. The van der Waals surface area contributed by atoms with Gasteiger partial charge in [0.2, 0.25) is 5.78 Å². The SMILES string of the molecule is Cc1ccc(Cn2nc(C(=O)C(=O)c3ccc(OC(F)(F)F)cc3)cc2C)cc1. The van der Waals surface area contributed by atoms with Crippen LogP contribution in [0.2, 0.25) is 0 Å². The summed E-state index contributed by atoms with van der Waals surface area (Å²) in [5.41, 5.74) is 2.76. The van der Waals surface area contributed by atoms with E-state index in [0.29, 0.717) is 12.2 Å². The largest absolute Gasteiger partial charge is 0.573 e. The van der Waals surface area contributed by atoms with Crippen molar-refractivity contribution in [3.63, 3.8) is 0 Å². The highest BCUT2D eigenvalue weighted by Gasteiger charge is 2.31. The van der Waals surface area contributed by atoms with Crippen LogP contribution in [-0.4, -0.2) is 27.7 Å².